The maximum Gasteiger partial charge on any atom is 0.391 e. The molecule has 18 heavy (non-hydrogen) atoms. The van der Waals surface area contributed by atoms with Gasteiger partial charge in [-0.25, -0.2) is 0 Å². The zero-order chi connectivity index (χ0) is 13.2. The third-order valence-electron chi connectivity index (χ3n) is 3.59. The topological polar surface area (TPSA) is 25.2 Å². The molecule has 1 aliphatic rings. The van der Waals surface area contributed by atoms with Crippen molar-refractivity contribution in [2.24, 2.45) is 5.92 Å². The van der Waals surface area contributed by atoms with E-state index < -0.39 is 12.1 Å². The molecule has 1 fully saturated rings. The number of furan rings is 1. The lowest BCUT2D eigenvalue weighted by Crippen LogP contribution is -2.39. The average molecular weight is 261 g/mol. The summed E-state index contributed by atoms with van der Waals surface area (Å²) in [7, 11) is 0. The van der Waals surface area contributed by atoms with Gasteiger partial charge in [0.1, 0.15) is 5.76 Å². The first-order valence-electron chi connectivity index (χ1n) is 6.33. The number of hydrogen-bond donors (Lipinski definition) is 1. The SMILES string of the molecule is CC(NC1CCCC(C(F)(F)F)C1)c1ccco1. The minimum absolute atomic E-state index is 0.0445. The normalized spacial score (nSPS) is 27.1. The van der Waals surface area contributed by atoms with E-state index in [0.29, 0.717) is 6.42 Å². The fourth-order valence-electron chi connectivity index (χ4n) is 2.61. The van der Waals surface area contributed by atoms with Gasteiger partial charge < -0.3 is 9.73 Å². The molecule has 3 unspecified atom stereocenters. The second-order valence-corrected chi connectivity index (χ2v) is 5.01. The van der Waals surface area contributed by atoms with Crippen LogP contribution in [0.3, 0.4) is 0 Å². The van der Waals surface area contributed by atoms with Crippen molar-refractivity contribution in [1.82, 2.24) is 5.32 Å². The van der Waals surface area contributed by atoms with Crippen LogP contribution in [0, 0.1) is 5.92 Å². The van der Waals surface area contributed by atoms with E-state index in [0.717, 1.165) is 12.2 Å². The predicted octanol–water partition coefficient (Wildman–Crippen LogP) is 4.05. The van der Waals surface area contributed by atoms with E-state index in [-0.39, 0.29) is 24.9 Å². The largest absolute Gasteiger partial charge is 0.468 e. The fourth-order valence-corrected chi connectivity index (χ4v) is 2.61. The van der Waals surface area contributed by atoms with Crippen molar-refractivity contribution >= 4 is 0 Å². The zero-order valence-corrected chi connectivity index (χ0v) is 10.3. The average Bonchev–Trinajstić information content (AvgIpc) is 2.81. The molecule has 1 aliphatic carbocycles. The molecule has 1 heterocycles. The Bertz CT molecular complexity index is 361. The van der Waals surface area contributed by atoms with Crippen LogP contribution in [-0.4, -0.2) is 12.2 Å². The summed E-state index contributed by atoms with van der Waals surface area (Å²) in [6.45, 7) is 1.91. The number of nitrogens with one attached hydrogen (secondary N) is 1. The van der Waals surface area contributed by atoms with Gasteiger partial charge in [-0.1, -0.05) is 6.42 Å². The first-order valence-corrected chi connectivity index (χ1v) is 6.33. The monoisotopic (exact) mass is 261 g/mol. The van der Waals surface area contributed by atoms with Crippen molar-refractivity contribution in [3.8, 4) is 0 Å². The molecule has 0 saturated heterocycles. The first kappa shape index (κ1) is 13.5. The molecule has 0 amide bonds. The summed E-state index contributed by atoms with van der Waals surface area (Å²) in [6, 6.07) is 3.50. The Hall–Kier alpha value is -0.970. The Morgan fingerprint density at radius 1 is 1.39 bits per heavy atom. The molecule has 1 aromatic rings. The van der Waals surface area contributed by atoms with Crippen molar-refractivity contribution < 1.29 is 17.6 Å². The van der Waals surface area contributed by atoms with Gasteiger partial charge in [0.2, 0.25) is 0 Å². The number of halogens is 3. The molecule has 0 radical (unpaired) electrons. The lowest BCUT2D eigenvalue weighted by molar-refractivity contribution is -0.183. The molecule has 2 nitrogen and oxygen atoms in total. The molecule has 1 aromatic heterocycles. The van der Waals surface area contributed by atoms with E-state index in [2.05, 4.69) is 5.32 Å². The maximum atomic E-state index is 12.7. The van der Waals surface area contributed by atoms with Crippen molar-refractivity contribution in [2.45, 2.75) is 50.9 Å². The highest BCUT2D eigenvalue weighted by Gasteiger charge is 2.42. The van der Waals surface area contributed by atoms with Crippen LogP contribution in [0.25, 0.3) is 0 Å². The summed E-state index contributed by atoms with van der Waals surface area (Å²) in [5.74, 6) is -0.392. The lowest BCUT2D eigenvalue weighted by Gasteiger charge is -2.32. The van der Waals surface area contributed by atoms with Gasteiger partial charge in [0, 0.05) is 6.04 Å². The molecule has 0 bridgehead atoms. The first-order chi connectivity index (χ1) is 8.47. The van der Waals surface area contributed by atoms with E-state index in [4.69, 9.17) is 4.42 Å². The standard InChI is InChI=1S/C13H18F3NO/c1-9(12-6-3-7-18-12)17-11-5-2-4-10(8-11)13(14,15)16/h3,6-7,9-11,17H,2,4-5,8H2,1H3. The third-order valence-corrected chi connectivity index (χ3v) is 3.59. The van der Waals surface area contributed by atoms with Gasteiger partial charge in [-0.2, -0.15) is 13.2 Å². The molecule has 0 aromatic carbocycles. The highest BCUT2D eigenvalue weighted by Crippen LogP contribution is 2.38. The summed E-state index contributed by atoms with van der Waals surface area (Å²) in [5, 5.41) is 3.23. The third kappa shape index (κ3) is 3.28. The Kier molecular flexibility index (Phi) is 4.00. The van der Waals surface area contributed by atoms with E-state index in [1.54, 1.807) is 12.3 Å². The molecule has 1 saturated carbocycles. The van der Waals surface area contributed by atoms with Crippen LogP contribution in [0.5, 0.6) is 0 Å². The van der Waals surface area contributed by atoms with Crippen molar-refractivity contribution in [1.29, 1.82) is 0 Å². The highest BCUT2D eigenvalue weighted by molar-refractivity contribution is 5.03. The number of hydrogen-bond acceptors (Lipinski definition) is 2. The molecule has 0 spiro atoms. The van der Waals surface area contributed by atoms with Crippen LogP contribution in [0.15, 0.2) is 22.8 Å². The Labute approximate surface area is 105 Å². The molecule has 1 N–H and O–H groups in total. The van der Waals surface area contributed by atoms with Gasteiger partial charge >= 0.3 is 6.18 Å². The molecule has 0 aliphatic heterocycles. The van der Waals surface area contributed by atoms with Crippen LogP contribution in [0.1, 0.15) is 44.4 Å². The predicted molar refractivity (Wildman–Crippen MR) is 62.1 cm³/mol. The van der Waals surface area contributed by atoms with E-state index >= 15 is 0 Å². The van der Waals surface area contributed by atoms with Crippen LogP contribution in [0.2, 0.25) is 0 Å². The molecule has 102 valence electrons. The van der Waals surface area contributed by atoms with Crippen LogP contribution < -0.4 is 5.32 Å². The van der Waals surface area contributed by atoms with Crippen molar-refractivity contribution in [3.05, 3.63) is 24.2 Å². The van der Waals surface area contributed by atoms with Gasteiger partial charge in [-0.3, -0.25) is 0 Å². The quantitative estimate of drug-likeness (QED) is 0.888. The van der Waals surface area contributed by atoms with Crippen LogP contribution in [0.4, 0.5) is 13.2 Å². The Morgan fingerprint density at radius 2 is 2.17 bits per heavy atom. The second kappa shape index (κ2) is 5.34. The van der Waals surface area contributed by atoms with E-state index in [1.165, 1.54) is 0 Å². The molecular formula is C13H18F3NO. The smallest absolute Gasteiger partial charge is 0.391 e. The zero-order valence-electron chi connectivity index (χ0n) is 10.3. The number of alkyl halides is 3. The van der Waals surface area contributed by atoms with E-state index in [1.807, 2.05) is 13.0 Å². The minimum atomic E-state index is -4.06. The summed E-state index contributed by atoms with van der Waals surface area (Å²) < 4.78 is 43.3. The van der Waals surface area contributed by atoms with Crippen molar-refractivity contribution in [2.75, 3.05) is 0 Å². The maximum absolute atomic E-state index is 12.7. The fraction of sp³-hybridized carbons (Fsp3) is 0.692. The molecule has 3 atom stereocenters. The van der Waals surface area contributed by atoms with Gasteiger partial charge in [-0.05, 0) is 38.3 Å². The summed E-state index contributed by atoms with van der Waals surface area (Å²) in [5.41, 5.74) is 0. The van der Waals surface area contributed by atoms with Gasteiger partial charge in [0.25, 0.3) is 0 Å². The van der Waals surface area contributed by atoms with Gasteiger partial charge in [0.15, 0.2) is 0 Å². The second-order valence-electron chi connectivity index (χ2n) is 5.01. The minimum Gasteiger partial charge on any atom is -0.468 e. The summed E-state index contributed by atoms with van der Waals surface area (Å²) in [6.07, 6.45) is -0.614. The Morgan fingerprint density at radius 3 is 2.78 bits per heavy atom. The number of rotatable bonds is 3. The molecule has 5 heteroatoms. The Balaban J connectivity index is 1.90. The van der Waals surface area contributed by atoms with Crippen molar-refractivity contribution in [3.63, 3.8) is 0 Å². The van der Waals surface area contributed by atoms with Crippen LogP contribution in [-0.2, 0) is 0 Å². The molecular weight excluding hydrogens is 243 g/mol. The van der Waals surface area contributed by atoms with Crippen LogP contribution >= 0.6 is 0 Å². The van der Waals surface area contributed by atoms with Gasteiger partial charge in [0.05, 0.1) is 18.2 Å². The van der Waals surface area contributed by atoms with Gasteiger partial charge in [-0.15, -0.1) is 0 Å². The lowest BCUT2D eigenvalue weighted by atomic mass is 9.85. The molecule has 2 rings (SSSR count). The van der Waals surface area contributed by atoms with E-state index in [9.17, 15) is 13.2 Å². The highest BCUT2D eigenvalue weighted by atomic mass is 19.4. The summed E-state index contributed by atoms with van der Waals surface area (Å²) in [4.78, 5) is 0. The summed E-state index contributed by atoms with van der Waals surface area (Å²) >= 11 is 0.